The van der Waals surface area contributed by atoms with Crippen LogP contribution in [0.2, 0.25) is 0 Å². The summed E-state index contributed by atoms with van der Waals surface area (Å²) in [7, 11) is 0. The van der Waals surface area contributed by atoms with Crippen LogP contribution in [0, 0.1) is 0 Å². The zero-order chi connectivity index (χ0) is 10.0. The number of hydrogen-bond acceptors (Lipinski definition) is 4. The minimum atomic E-state index is -0.910. The lowest BCUT2D eigenvalue weighted by atomic mass is 10.4. The summed E-state index contributed by atoms with van der Waals surface area (Å²) in [4.78, 5) is 14.2. The topological polar surface area (TPSA) is 90.6 Å². The van der Waals surface area contributed by atoms with Crippen LogP contribution in [0.5, 0.6) is 0 Å². The van der Waals surface area contributed by atoms with Crippen molar-refractivity contribution >= 4 is 23.5 Å². The molecule has 3 N–H and O–H groups in total. The van der Waals surface area contributed by atoms with Crippen molar-refractivity contribution in [3.63, 3.8) is 0 Å². The van der Waals surface area contributed by atoms with Crippen molar-refractivity contribution in [3.8, 4) is 0 Å². The predicted octanol–water partition coefficient (Wildman–Crippen LogP) is -0.495. The number of aliphatic imine (C=N–C) groups is 1. The van der Waals surface area contributed by atoms with Gasteiger partial charge in [-0.05, 0) is 6.08 Å². The van der Waals surface area contributed by atoms with Crippen molar-refractivity contribution in [1.29, 1.82) is 0 Å². The Balaban J connectivity index is 2.82. The molecule has 0 spiro atoms. The minimum Gasteiger partial charge on any atom is -0.306 e. The number of carbonyl (C=O) groups excluding carboxylic acids is 1. The van der Waals surface area contributed by atoms with E-state index in [2.05, 4.69) is 10.3 Å². The standard InChI is InChI=1S/C6H8ClN4O2/c1-3(12)9-6-10-4(7)2-5(8)11(6)13/h2,5H,8H2,1H3,(H,9,10,12). The van der Waals surface area contributed by atoms with E-state index in [9.17, 15) is 10.0 Å². The largest absolute Gasteiger partial charge is 0.306 e. The average Bonchev–Trinajstić information content (AvgIpc) is 1.98. The highest BCUT2D eigenvalue weighted by molar-refractivity contribution is 6.30. The van der Waals surface area contributed by atoms with Gasteiger partial charge >= 0.3 is 0 Å². The van der Waals surface area contributed by atoms with Crippen molar-refractivity contribution in [1.82, 2.24) is 10.4 Å². The maximum absolute atomic E-state index is 11.1. The fraction of sp³-hybridized carbons (Fsp3) is 0.333. The number of nitrogens with zero attached hydrogens (tertiary/aromatic N) is 2. The van der Waals surface area contributed by atoms with Crippen molar-refractivity contribution in [2.75, 3.05) is 0 Å². The van der Waals surface area contributed by atoms with Crippen LogP contribution >= 0.6 is 11.6 Å². The molecule has 0 aromatic carbocycles. The second kappa shape index (κ2) is 3.73. The first-order valence-corrected chi connectivity index (χ1v) is 3.84. The van der Waals surface area contributed by atoms with Crippen LogP contribution < -0.4 is 11.1 Å². The zero-order valence-electron chi connectivity index (χ0n) is 6.82. The van der Waals surface area contributed by atoms with Gasteiger partial charge in [0.1, 0.15) is 11.3 Å². The molecule has 0 aromatic rings. The summed E-state index contributed by atoms with van der Waals surface area (Å²) < 4.78 is 0. The molecule has 0 aromatic heterocycles. The van der Waals surface area contributed by atoms with E-state index in [-0.39, 0.29) is 11.1 Å². The van der Waals surface area contributed by atoms with Gasteiger partial charge < -0.3 is 5.73 Å². The summed E-state index contributed by atoms with van der Waals surface area (Å²) >= 11 is 5.53. The highest BCUT2D eigenvalue weighted by Gasteiger charge is 2.22. The summed E-state index contributed by atoms with van der Waals surface area (Å²) in [5, 5.41) is 13.8. The third-order valence-electron chi connectivity index (χ3n) is 1.29. The lowest BCUT2D eigenvalue weighted by molar-refractivity contribution is -0.124. The first-order chi connectivity index (χ1) is 6.00. The van der Waals surface area contributed by atoms with E-state index in [4.69, 9.17) is 17.3 Å². The highest BCUT2D eigenvalue weighted by atomic mass is 35.5. The van der Waals surface area contributed by atoms with Gasteiger partial charge in [0.05, 0.1) is 0 Å². The van der Waals surface area contributed by atoms with Gasteiger partial charge in [-0.2, -0.15) is 5.06 Å². The molecule has 0 saturated carbocycles. The normalized spacial score (nSPS) is 22.2. The fourth-order valence-electron chi connectivity index (χ4n) is 0.778. The van der Waals surface area contributed by atoms with Crippen molar-refractivity contribution in [2.45, 2.75) is 13.1 Å². The van der Waals surface area contributed by atoms with Gasteiger partial charge in [-0.3, -0.25) is 10.1 Å². The third kappa shape index (κ3) is 2.41. The summed E-state index contributed by atoms with van der Waals surface area (Å²) in [6, 6.07) is 0. The molecule has 0 bridgehead atoms. The van der Waals surface area contributed by atoms with Crippen LogP contribution in [0.25, 0.3) is 0 Å². The Morgan fingerprint density at radius 1 is 1.85 bits per heavy atom. The maximum Gasteiger partial charge on any atom is 0.235 e. The lowest BCUT2D eigenvalue weighted by Gasteiger charge is -2.23. The number of rotatable bonds is 0. The number of amides is 1. The molecule has 1 aliphatic rings. The molecule has 0 aliphatic carbocycles. The van der Waals surface area contributed by atoms with Gasteiger partial charge in [0, 0.05) is 6.92 Å². The molecule has 1 atom stereocenters. The number of carbonyl (C=O) groups is 1. The third-order valence-corrected chi connectivity index (χ3v) is 1.50. The molecule has 6 nitrogen and oxygen atoms in total. The van der Waals surface area contributed by atoms with Crippen LogP contribution in [-0.4, -0.2) is 23.1 Å². The molecule has 1 rings (SSSR count). The number of nitrogens with two attached hydrogens (primary N) is 1. The molecule has 0 saturated heterocycles. The average molecular weight is 204 g/mol. The van der Waals surface area contributed by atoms with Gasteiger partial charge in [-0.1, -0.05) is 16.8 Å². The fourth-order valence-corrected chi connectivity index (χ4v) is 0.987. The van der Waals surface area contributed by atoms with Crippen LogP contribution in [0.3, 0.4) is 0 Å². The number of nitrogens with one attached hydrogen (secondary N) is 1. The van der Waals surface area contributed by atoms with Gasteiger partial charge in [0.2, 0.25) is 11.9 Å². The van der Waals surface area contributed by atoms with Crippen LogP contribution in [-0.2, 0) is 10.0 Å². The summed E-state index contributed by atoms with van der Waals surface area (Å²) in [5.74, 6) is -0.592. The van der Waals surface area contributed by atoms with E-state index < -0.39 is 12.1 Å². The van der Waals surface area contributed by atoms with Crippen molar-refractivity contribution in [2.24, 2.45) is 10.7 Å². The Bertz CT molecular complexity index is 288. The Morgan fingerprint density at radius 3 is 3.00 bits per heavy atom. The van der Waals surface area contributed by atoms with Gasteiger partial charge in [-0.25, -0.2) is 4.99 Å². The van der Waals surface area contributed by atoms with Crippen molar-refractivity contribution < 1.29 is 10.0 Å². The van der Waals surface area contributed by atoms with E-state index in [0.717, 1.165) is 0 Å². The van der Waals surface area contributed by atoms with E-state index in [1.807, 2.05) is 0 Å². The second-order valence-electron chi connectivity index (χ2n) is 2.42. The van der Waals surface area contributed by atoms with E-state index >= 15 is 0 Å². The Morgan fingerprint density at radius 2 is 2.46 bits per heavy atom. The zero-order valence-corrected chi connectivity index (χ0v) is 7.58. The highest BCUT2D eigenvalue weighted by Crippen LogP contribution is 2.11. The quantitative estimate of drug-likeness (QED) is 0.521. The van der Waals surface area contributed by atoms with Crippen LogP contribution in [0.15, 0.2) is 16.2 Å². The molecule has 1 aliphatic heterocycles. The molecule has 1 radical (unpaired) electrons. The Hall–Kier alpha value is -1.11. The first-order valence-electron chi connectivity index (χ1n) is 3.46. The van der Waals surface area contributed by atoms with Gasteiger partial charge in [-0.15, -0.1) is 0 Å². The number of halogens is 1. The van der Waals surface area contributed by atoms with Crippen molar-refractivity contribution in [3.05, 3.63) is 11.2 Å². The summed E-state index contributed by atoms with van der Waals surface area (Å²) in [5.41, 5.74) is 5.36. The number of hydroxylamine groups is 2. The smallest absolute Gasteiger partial charge is 0.235 e. The van der Waals surface area contributed by atoms with Crippen LogP contribution in [0.4, 0.5) is 0 Å². The second-order valence-corrected chi connectivity index (χ2v) is 2.81. The Kier molecular flexibility index (Phi) is 2.86. The van der Waals surface area contributed by atoms with Gasteiger partial charge in [0.15, 0.2) is 0 Å². The van der Waals surface area contributed by atoms with E-state index in [1.165, 1.54) is 13.0 Å². The number of guanidine groups is 1. The maximum atomic E-state index is 11.1. The Labute approximate surface area is 79.6 Å². The summed E-state index contributed by atoms with van der Waals surface area (Å²) in [6.07, 6.45) is 0.367. The molecule has 13 heavy (non-hydrogen) atoms. The molecule has 71 valence electrons. The monoisotopic (exact) mass is 203 g/mol. The van der Waals surface area contributed by atoms with Crippen LogP contribution in [0.1, 0.15) is 6.92 Å². The first kappa shape index (κ1) is 9.97. The molecule has 1 heterocycles. The van der Waals surface area contributed by atoms with Gasteiger partial charge in [0.25, 0.3) is 0 Å². The molecule has 1 amide bonds. The minimum absolute atomic E-state index is 0.0864. The molecular formula is C6H8ClN4O2. The number of hydrogen-bond donors (Lipinski definition) is 2. The molecule has 0 fully saturated rings. The molecule has 7 heteroatoms. The lowest BCUT2D eigenvalue weighted by Crippen LogP contribution is -2.50. The van der Waals surface area contributed by atoms with E-state index in [0.29, 0.717) is 5.06 Å². The molecule has 1 unspecified atom stereocenters. The summed E-state index contributed by atoms with van der Waals surface area (Å²) in [6.45, 7) is 1.26. The van der Waals surface area contributed by atoms with E-state index in [1.54, 1.807) is 0 Å². The molecular weight excluding hydrogens is 196 g/mol. The SMILES string of the molecule is CC(=O)NC1=NC(Cl)=CC(N)N1[O]. The predicted molar refractivity (Wildman–Crippen MR) is 45.7 cm³/mol.